The molecule has 3 rings (SSSR count). The van der Waals surface area contributed by atoms with Crippen molar-refractivity contribution in [1.82, 2.24) is 10.2 Å². The first kappa shape index (κ1) is 27.5. The van der Waals surface area contributed by atoms with Gasteiger partial charge in [-0.05, 0) is 56.7 Å². The third-order valence-corrected chi connectivity index (χ3v) is 5.19. The van der Waals surface area contributed by atoms with Crippen molar-refractivity contribution in [2.24, 2.45) is 0 Å². The molecule has 0 aliphatic carbocycles. The minimum atomic E-state index is -0.431. The zero-order valence-corrected chi connectivity index (χ0v) is 20.2. The molecule has 1 aliphatic heterocycles. The van der Waals surface area contributed by atoms with E-state index in [1.165, 1.54) is 17.1 Å². The number of amides is 3. The number of furan rings is 1. The molecular formula is C27H29N3O6. The topological polar surface area (TPSA) is 132 Å². The van der Waals surface area contributed by atoms with Crippen molar-refractivity contribution >= 4 is 23.4 Å². The molecule has 9 heteroatoms. The molecule has 4 N–H and O–H groups in total. The standard InChI is InChI=1S/C25H27N3O4.C2H2O2/c1-4-8-18(9-5-2)27-22(29)14-13-17(3)28-24(30)20-11-6-12-21(23(20)25(28)31)26-16-19-10-7-15-32-19;3-1-2-4/h4-12,15,17,26H,1,13-14,16H2,2-3H3,(H,27,29);3-4H/b9-5-,18-8+;. The van der Waals surface area contributed by atoms with Gasteiger partial charge in [0.1, 0.15) is 5.76 Å². The number of nitrogens with one attached hydrogen (secondary N) is 2. The third kappa shape index (κ3) is 7.14. The van der Waals surface area contributed by atoms with Gasteiger partial charge >= 0.3 is 0 Å². The van der Waals surface area contributed by atoms with Crippen LogP contribution in [0.3, 0.4) is 0 Å². The van der Waals surface area contributed by atoms with E-state index in [1.807, 2.05) is 19.1 Å². The van der Waals surface area contributed by atoms with Crippen LogP contribution >= 0.6 is 0 Å². The number of benzene rings is 1. The van der Waals surface area contributed by atoms with E-state index in [2.05, 4.69) is 17.2 Å². The summed E-state index contributed by atoms with van der Waals surface area (Å²) in [6.45, 7) is 7.66. The van der Waals surface area contributed by atoms with E-state index < -0.39 is 6.04 Å². The predicted molar refractivity (Wildman–Crippen MR) is 135 cm³/mol. The molecule has 3 amide bonds. The fourth-order valence-electron chi connectivity index (χ4n) is 3.58. The van der Waals surface area contributed by atoms with Crippen molar-refractivity contribution in [1.29, 1.82) is 0 Å². The molecule has 1 unspecified atom stereocenters. The summed E-state index contributed by atoms with van der Waals surface area (Å²) in [7, 11) is 0. The Balaban J connectivity index is 0.00000106. The molecule has 0 saturated heterocycles. The van der Waals surface area contributed by atoms with Gasteiger partial charge in [0, 0.05) is 23.8 Å². The molecule has 1 atom stereocenters. The number of nitrogens with zero attached hydrogens (tertiary/aromatic N) is 1. The minimum Gasteiger partial charge on any atom is -0.467 e. The van der Waals surface area contributed by atoms with Crippen molar-refractivity contribution in [3.05, 3.63) is 90.1 Å². The predicted octanol–water partition coefficient (Wildman–Crippen LogP) is 4.07. The maximum absolute atomic E-state index is 13.1. The smallest absolute Gasteiger partial charge is 0.263 e. The number of hydrogen-bond acceptors (Lipinski definition) is 7. The lowest BCUT2D eigenvalue weighted by Crippen LogP contribution is -2.38. The van der Waals surface area contributed by atoms with E-state index >= 15 is 0 Å². The van der Waals surface area contributed by atoms with Crippen molar-refractivity contribution < 1.29 is 29.0 Å². The number of fused-ring (bicyclic) bond motifs is 1. The minimum absolute atomic E-state index is 0.171. The first-order valence-electron chi connectivity index (χ1n) is 11.2. The van der Waals surface area contributed by atoms with Crippen LogP contribution in [0.5, 0.6) is 0 Å². The second kappa shape index (κ2) is 13.9. The van der Waals surface area contributed by atoms with Crippen molar-refractivity contribution in [3.8, 4) is 12.2 Å². The highest BCUT2D eigenvalue weighted by atomic mass is 16.3. The van der Waals surface area contributed by atoms with Crippen LogP contribution in [0.2, 0.25) is 0 Å². The summed E-state index contributed by atoms with van der Waals surface area (Å²) in [5.74, 6) is -0.179. The number of imide groups is 1. The average molecular weight is 492 g/mol. The summed E-state index contributed by atoms with van der Waals surface area (Å²) in [6, 6.07) is 8.34. The van der Waals surface area contributed by atoms with Gasteiger partial charge < -0.3 is 25.3 Å². The van der Waals surface area contributed by atoms with Gasteiger partial charge in [0.15, 0.2) is 12.2 Å². The maximum Gasteiger partial charge on any atom is 0.263 e. The number of aliphatic hydroxyl groups excluding tert-OH is 2. The molecule has 1 aliphatic rings. The fraction of sp³-hybridized carbons (Fsp3) is 0.222. The molecule has 0 spiro atoms. The highest BCUT2D eigenvalue weighted by Gasteiger charge is 2.40. The Morgan fingerprint density at radius 2 is 1.94 bits per heavy atom. The van der Waals surface area contributed by atoms with Gasteiger partial charge in [-0.3, -0.25) is 19.3 Å². The molecule has 0 fully saturated rings. The van der Waals surface area contributed by atoms with Gasteiger partial charge in [-0.25, -0.2) is 0 Å². The van der Waals surface area contributed by atoms with E-state index in [4.69, 9.17) is 14.6 Å². The Labute approximate surface area is 209 Å². The van der Waals surface area contributed by atoms with Gasteiger partial charge in [0.05, 0.1) is 23.9 Å². The lowest BCUT2D eigenvalue weighted by molar-refractivity contribution is -0.120. The first-order chi connectivity index (χ1) is 17.4. The highest BCUT2D eigenvalue weighted by molar-refractivity contribution is 6.23. The van der Waals surface area contributed by atoms with E-state index in [9.17, 15) is 14.4 Å². The molecule has 36 heavy (non-hydrogen) atoms. The Kier molecular flexibility index (Phi) is 10.6. The fourth-order valence-corrected chi connectivity index (χ4v) is 3.58. The molecule has 0 radical (unpaired) electrons. The zero-order valence-electron chi connectivity index (χ0n) is 20.2. The highest BCUT2D eigenvalue weighted by Crippen LogP contribution is 2.31. The van der Waals surface area contributed by atoms with Crippen LogP contribution in [-0.4, -0.2) is 38.9 Å². The molecular weight excluding hydrogens is 462 g/mol. The normalized spacial score (nSPS) is 13.3. The van der Waals surface area contributed by atoms with Crippen molar-refractivity contribution in [3.63, 3.8) is 0 Å². The maximum atomic E-state index is 13.1. The van der Waals surface area contributed by atoms with Crippen LogP contribution in [-0.2, 0) is 11.3 Å². The Hall–Kier alpha value is -4.71. The van der Waals surface area contributed by atoms with Gasteiger partial charge in [-0.2, -0.15) is 0 Å². The lowest BCUT2D eigenvalue weighted by atomic mass is 10.1. The van der Waals surface area contributed by atoms with Gasteiger partial charge in [-0.1, -0.05) is 24.8 Å². The lowest BCUT2D eigenvalue weighted by Gasteiger charge is -2.22. The van der Waals surface area contributed by atoms with Crippen LogP contribution in [0.1, 0.15) is 53.2 Å². The number of hydrogen-bond donors (Lipinski definition) is 4. The molecule has 0 bridgehead atoms. The summed E-state index contributed by atoms with van der Waals surface area (Å²) in [5, 5.41) is 20.5. The SMILES string of the molecule is C=C/C=C(\C=C/C)NC(=O)CCC(C)N1C(=O)c2cccc(NCc3ccco3)c2C1=O.OC#CO. The Morgan fingerprint density at radius 3 is 2.56 bits per heavy atom. The largest absolute Gasteiger partial charge is 0.467 e. The summed E-state index contributed by atoms with van der Waals surface area (Å²) in [6.07, 6.45) is 11.4. The molecule has 0 saturated carbocycles. The molecule has 1 aromatic carbocycles. The Bertz CT molecular complexity index is 1200. The Morgan fingerprint density at radius 1 is 1.19 bits per heavy atom. The van der Waals surface area contributed by atoms with E-state index in [-0.39, 0.29) is 24.1 Å². The molecule has 9 nitrogen and oxygen atoms in total. The number of carbonyl (C=O) groups is 3. The molecule has 1 aromatic heterocycles. The first-order valence-corrected chi connectivity index (χ1v) is 11.2. The molecule has 188 valence electrons. The van der Waals surface area contributed by atoms with Gasteiger partial charge in [-0.15, -0.1) is 0 Å². The summed E-state index contributed by atoms with van der Waals surface area (Å²) in [4.78, 5) is 39.7. The van der Waals surface area contributed by atoms with Crippen LogP contribution in [0.25, 0.3) is 0 Å². The van der Waals surface area contributed by atoms with Crippen molar-refractivity contribution in [2.45, 2.75) is 39.3 Å². The number of aliphatic hydroxyl groups is 2. The molecule has 2 aromatic rings. The van der Waals surface area contributed by atoms with E-state index in [0.717, 1.165) is 5.76 Å². The number of allylic oxidation sites excluding steroid dienone is 4. The van der Waals surface area contributed by atoms with Gasteiger partial charge in [0.2, 0.25) is 5.91 Å². The van der Waals surface area contributed by atoms with Crippen molar-refractivity contribution in [2.75, 3.05) is 5.32 Å². The van der Waals surface area contributed by atoms with Crippen LogP contribution in [0, 0.1) is 12.2 Å². The average Bonchev–Trinajstić information content (AvgIpc) is 3.48. The van der Waals surface area contributed by atoms with Crippen LogP contribution < -0.4 is 10.6 Å². The number of rotatable bonds is 10. The number of anilines is 1. The quantitative estimate of drug-likeness (QED) is 0.224. The monoisotopic (exact) mass is 491 g/mol. The summed E-state index contributed by atoms with van der Waals surface area (Å²) in [5.41, 5.74) is 1.92. The second-order valence-corrected chi connectivity index (χ2v) is 7.66. The summed E-state index contributed by atoms with van der Waals surface area (Å²) >= 11 is 0. The second-order valence-electron chi connectivity index (χ2n) is 7.66. The van der Waals surface area contributed by atoms with E-state index in [1.54, 1.807) is 55.7 Å². The van der Waals surface area contributed by atoms with Crippen LogP contribution in [0.15, 0.2) is 77.6 Å². The van der Waals surface area contributed by atoms with Gasteiger partial charge in [0.25, 0.3) is 11.8 Å². The molecule has 2 heterocycles. The van der Waals surface area contributed by atoms with Crippen LogP contribution in [0.4, 0.5) is 5.69 Å². The third-order valence-electron chi connectivity index (χ3n) is 5.19. The van der Waals surface area contributed by atoms with E-state index in [0.29, 0.717) is 35.5 Å². The number of carbonyl (C=O) groups excluding carboxylic acids is 3. The summed E-state index contributed by atoms with van der Waals surface area (Å²) < 4.78 is 5.32. The zero-order chi connectivity index (χ0) is 26.5.